The molecular formula is C13H22O. The predicted molar refractivity (Wildman–Crippen MR) is 60.3 cm³/mol. The summed E-state index contributed by atoms with van der Waals surface area (Å²) in [7, 11) is 0. The van der Waals surface area contributed by atoms with E-state index >= 15 is 0 Å². The normalized spacial score (nSPS) is 19.5. The van der Waals surface area contributed by atoms with Crippen LogP contribution in [0, 0.1) is 0 Å². The van der Waals surface area contributed by atoms with Gasteiger partial charge in [-0.15, -0.1) is 0 Å². The second-order valence-corrected chi connectivity index (χ2v) is 4.21. The quantitative estimate of drug-likeness (QED) is 0.461. The second-order valence-electron chi connectivity index (χ2n) is 4.21. The van der Waals surface area contributed by atoms with Gasteiger partial charge in [-0.25, -0.2) is 0 Å². The molecule has 1 saturated carbocycles. The van der Waals surface area contributed by atoms with Crippen molar-refractivity contribution in [3.63, 3.8) is 0 Å². The van der Waals surface area contributed by atoms with Crippen LogP contribution in [0.15, 0.2) is 11.6 Å². The van der Waals surface area contributed by atoms with Gasteiger partial charge < -0.3 is 0 Å². The summed E-state index contributed by atoms with van der Waals surface area (Å²) < 4.78 is 0. The molecule has 0 spiro atoms. The van der Waals surface area contributed by atoms with Crippen LogP contribution in [0.1, 0.15) is 64.7 Å². The zero-order valence-electron chi connectivity index (χ0n) is 9.35. The molecule has 0 aromatic carbocycles. The van der Waals surface area contributed by atoms with Crippen LogP contribution < -0.4 is 0 Å². The fourth-order valence-electron chi connectivity index (χ4n) is 1.98. The lowest BCUT2D eigenvalue weighted by atomic mass is 10.1. The van der Waals surface area contributed by atoms with Crippen molar-refractivity contribution < 1.29 is 4.79 Å². The van der Waals surface area contributed by atoms with Crippen LogP contribution in [0.4, 0.5) is 0 Å². The zero-order valence-corrected chi connectivity index (χ0v) is 9.35. The third kappa shape index (κ3) is 4.08. The Morgan fingerprint density at radius 3 is 2.57 bits per heavy atom. The van der Waals surface area contributed by atoms with E-state index in [2.05, 4.69) is 13.0 Å². The third-order valence-electron chi connectivity index (χ3n) is 2.91. The Morgan fingerprint density at radius 1 is 1.14 bits per heavy atom. The standard InChI is InChI=1S/C13H22O/c1-2-3-4-5-6-7-9-12-10-8-11-13(12)14/h9H,2-8,10-11H2,1H3/b12-9+. The molecule has 1 nitrogen and oxygen atoms in total. The molecule has 14 heavy (non-hydrogen) atoms. The van der Waals surface area contributed by atoms with E-state index in [4.69, 9.17) is 0 Å². The molecule has 0 radical (unpaired) electrons. The molecule has 0 bridgehead atoms. The Balaban J connectivity index is 2.05. The maximum Gasteiger partial charge on any atom is 0.158 e. The summed E-state index contributed by atoms with van der Waals surface area (Å²) >= 11 is 0. The molecular weight excluding hydrogens is 172 g/mol. The first kappa shape index (κ1) is 11.5. The van der Waals surface area contributed by atoms with Gasteiger partial charge in [-0.1, -0.05) is 38.7 Å². The molecule has 0 N–H and O–H groups in total. The van der Waals surface area contributed by atoms with E-state index < -0.39 is 0 Å². The van der Waals surface area contributed by atoms with E-state index in [1.54, 1.807) is 0 Å². The molecule has 1 aliphatic carbocycles. The van der Waals surface area contributed by atoms with Gasteiger partial charge in [-0.05, 0) is 31.3 Å². The molecule has 0 aromatic rings. The number of carbonyl (C=O) groups is 1. The fraction of sp³-hybridized carbons (Fsp3) is 0.769. The van der Waals surface area contributed by atoms with Crippen molar-refractivity contribution in [1.29, 1.82) is 0 Å². The van der Waals surface area contributed by atoms with Crippen molar-refractivity contribution in [3.8, 4) is 0 Å². The van der Waals surface area contributed by atoms with Crippen molar-refractivity contribution in [2.75, 3.05) is 0 Å². The lowest BCUT2D eigenvalue weighted by molar-refractivity contribution is -0.114. The lowest BCUT2D eigenvalue weighted by Crippen LogP contribution is -1.90. The van der Waals surface area contributed by atoms with E-state index in [0.29, 0.717) is 5.78 Å². The van der Waals surface area contributed by atoms with Crippen LogP contribution in [-0.2, 0) is 4.79 Å². The van der Waals surface area contributed by atoms with Crippen LogP contribution in [0.25, 0.3) is 0 Å². The van der Waals surface area contributed by atoms with E-state index in [1.807, 2.05) is 0 Å². The molecule has 1 aliphatic rings. The Bertz CT molecular complexity index is 203. The van der Waals surface area contributed by atoms with Crippen molar-refractivity contribution in [2.24, 2.45) is 0 Å². The number of hydrogen-bond donors (Lipinski definition) is 0. The third-order valence-corrected chi connectivity index (χ3v) is 2.91. The van der Waals surface area contributed by atoms with Gasteiger partial charge in [-0.2, -0.15) is 0 Å². The summed E-state index contributed by atoms with van der Waals surface area (Å²) in [5.41, 5.74) is 1.11. The molecule has 0 aliphatic heterocycles. The number of unbranched alkanes of at least 4 members (excludes halogenated alkanes) is 5. The summed E-state index contributed by atoms with van der Waals surface area (Å²) in [6.45, 7) is 2.24. The average Bonchev–Trinajstić information content (AvgIpc) is 2.58. The van der Waals surface area contributed by atoms with Gasteiger partial charge in [0.15, 0.2) is 5.78 Å². The highest BCUT2D eigenvalue weighted by Crippen LogP contribution is 2.21. The molecule has 0 unspecified atom stereocenters. The first-order valence-corrected chi connectivity index (χ1v) is 6.07. The largest absolute Gasteiger partial charge is 0.295 e. The first-order chi connectivity index (χ1) is 6.84. The SMILES string of the molecule is CCCCCCC/C=C1\CCCC1=O. The number of Topliss-reactive ketones (excluding diaryl/α,β-unsaturated/α-hetero) is 1. The number of hydrogen-bond acceptors (Lipinski definition) is 1. The molecule has 0 aromatic heterocycles. The average molecular weight is 194 g/mol. The van der Waals surface area contributed by atoms with Crippen LogP contribution in [0.3, 0.4) is 0 Å². The van der Waals surface area contributed by atoms with E-state index in [-0.39, 0.29) is 0 Å². The second kappa shape index (κ2) is 6.80. The number of allylic oxidation sites excluding steroid dienone is 2. The fourth-order valence-corrected chi connectivity index (χ4v) is 1.98. The minimum Gasteiger partial charge on any atom is -0.295 e. The van der Waals surface area contributed by atoms with Crippen molar-refractivity contribution in [3.05, 3.63) is 11.6 Å². The van der Waals surface area contributed by atoms with Crippen molar-refractivity contribution in [1.82, 2.24) is 0 Å². The molecule has 0 heterocycles. The number of carbonyl (C=O) groups excluding carboxylic acids is 1. The highest BCUT2D eigenvalue weighted by Gasteiger charge is 2.15. The summed E-state index contributed by atoms with van der Waals surface area (Å²) in [6.07, 6.45) is 12.8. The topological polar surface area (TPSA) is 17.1 Å². The van der Waals surface area contributed by atoms with Gasteiger partial charge in [-0.3, -0.25) is 4.79 Å². The Labute approximate surface area is 87.6 Å². The predicted octanol–water partition coefficient (Wildman–Crippen LogP) is 4.03. The molecule has 1 fully saturated rings. The number of rotatable bonds is 6. The summed E-state index contributed by atoms with van der Waals surface area (Å²) in [5, 5.41) is 0. The highest BCUT2D eigenvalue weighted by molar-refractivity contribution is 5.97. The van der Waals surface area contributed by atoms with Crippen LogP contribution in [0.2, 0.25) is 0 Å². The molecule has 80 valence electrons. The summed E-state index contributed by atoms with van der Waals surface area (Å²) in [5.74, 6) is 0.401. The Hall–Kier alpha value is -0.590. The van der Waals surface area contributed by atoms with E-state index in [1.165, 1.54) is 32.1 Å². The van der Waals surface area contributed by atoms with Gasteiger partial charge in [0.25, 0.3) is 0 Å². The first-order valence-electron chi connectivity index (χ1n) is 6.07. The van der Waals surface area contributed by atoms with E-state index in [9.17, 15) is 4.79 Å². The van der Waals surface area contributed by atoms with Gasteiger partial charge in [0.2, 0.25) is 0 Å². The molecule has 0 atom stereocenters. The highest BCUT2D eigenvalue weighted by atomic mass is 16.1. The minimum atomic E-state index is 0.401. The lowest BCUT2D eigenvalue weighted by Gasteiger charge is -1.97. The maximum atomic E-state index is 11.3. The molecule has 1 rings (SSSR count). The minimum absolute atomic E-state index is 0.401. The van der Waals surface area contributed by atoms with Crippen molar-refractivity contribution >= 4 is 5.78 Å². The van der Waals surface area contributed by atoms with Gasteiger partial charge >= 0.3 is 0 Å². The molecule has 0 saturated heterocycles. The van der Waals surface area contributed by atoms with Gasteiger partial charge in [0, 0.05) is 6.42 Å². The molecule has 1 heteroatoms. The van der Waals surface area contributed by atoms with E-state index in [0.717, 1.165) is 31.3 Å². The van der Waals surface area contributed by atoms with Crippen molar-refractivity contribution in [2.45, 2.75) is 64.7 Å². The van der Waals surface area contributed by atoms with Gasteiger partial charge in [0.05, 0.1) is 0 Å². The summed E-state index contributed by atoms with van der Waals surface area (Å²) in [6, 6.07) is 0. The van der Waals surface area contributed by atoms with Crippen LogP contribution in [0.5, 0.6) is 0 Å². The monoisotopic (exact) mass is 194 g/mol. The maximum absolute atomic E-state index is 11.3. The van der Waals surface area contributed by atoms with Crippen LogP contribution in [-0.4, -0.2) is 5.78 Å². The summed E-state index contributed by atoms with van der Waals surface area (Å²) in [4.78, 5) is 11.3. The van der Waals surface area contributed by atoms with Gasteiger partial charge in [0.1, 0.15) is 0 Å². The Kier molecular flexibility index (Phi) is 5.58. The zero-order chi connectivity index (χ0) is 10.2. The number of ketones is 1. The smallest absolute Gasteiger partial charge is 0.158 e. The Morgan fingerprint density at radius 2 is 1.93 bits per heavy atom. The van der Waals surface area contributed by atoms with Crippen LogP contribution >= 0.6 is 0 Å². The molecule has 0 amide bonds.